The monoisotopic (exact) mass is 327 g/mol. The molecule has 0 spiro atoms. The van der Waals surface area contributed by atoms with Gasteiger partial charge in [0.1, 0.15) is 5.75 Å². The van der Waals surface area contributed by atoms with Crippen LogP contribution in [-0.4, -0.2) is 25.1 Å². The van der Waals surface area contributed by atoms with E-state index >= 15 is 0 Å². The summed E-state index contributed by atoms with van der Waals surface area (Å²) in [4.78, 5) is 23.3. The summed E-state index contributed by atoms with van der Waals surface area (Å²) in [5.41, 5.74) is 2.67. The molecule has 0 radical (unpaired) electrons. The zero-order valence-electron chi connectivity index (χ0n) is 13.9. The van der Waals surface area contributed by atoms with Gasteiger partial charge in [0.2, 0.25) is 0 Å². The van der Waals surface area contributed by atoms with E-state index in [0.717, 1.165) is 5.56 Å². The fraction of sp³-hybridized carbons (Fsp3) is 0.263. The Morgan fingerprint density at radius 1 is 1.00 bits per heavy atom. The van der Waals surface area contributed by atoms with E-state index in [2.05, 4.69) is 5.32 Å². The van der Waals surface area contributed by atoms with Gasteiger partial charge in [-0.15, -0.1) is 0 Å². The van der Waals surface area contributed by atoms with Gasteiger partial charge in [-0.05, 0) is 43.7 Å². The quantitative estimate of drug-likeness (QED) is 0.794. The normalized spacial score (nSPS) is 10.1. The smallest absolute Gasteiger partial charge is 0.338 e. The van der Waals surface area contributed by atoms with Crippen molar-refractivity contribution in [3.8, 4) is 5.75 Å². The molecule has 0 aliphatic heterocycles. The third-order valence-electron chi connectivity index (χ3n) is 3.35. The lowest BCUT2D eigenvalue weighted by Crippen LogP contribution is -2.28. The summed E-state index contributed by atoms with van der Waals surface area (Å²) >= 11 is 0. The molecule has 0 aliphatic carbocycles. The van der Waals surface area contributed by atoms with Crippen LogP contribution in [0.4, 0.5) is 0 Å². The Morgan fingerprint density at radius 3 is 2.29 bits per heavy atom. The maximum atomic E-state index is 11.8. The number of amides is 1. The van der Waals surface area contributed by atoms with E-state index in [0.29, 0.717) is 24.5 Å². The molecule has 2 aromatic rings. The lowest BCUT2D eigenvalue weighted by molar-refractivity contribution is -0.123. The SMILES string of the molecule is CCOC(=O)c1ccc(OCC(=O)NCc2ccc(C)cc2)cc1. The zero-order chi connectivity index (χ0) is 17.4. The highest BCUT2D eigenvalue weighted by atomic mass is 16.5. The summed E-state index contributed by atoms with van der Waals surface area (Å²) in [5.74, 6) is -0.0570. The molecule has 0 heterocycles. The molecule has 0 saturated heterocycles. The number of carbonyl (C=O) groups is 2. The molecule has 0 aliphatic rings. The largest absolute Gasteiger partial charge is 0.484 e. The van der Waals surface area contributed by atoms with Crippen molar-refractivity contribution in [3.05, 3.63) is 65.2 Å². The van der Waals surface area contributed by atoms with Crippen LogP contribution in [0, 0.1) is 6.92 Å². The van der Waals surface area contributed by atoms with Gasteiger partial charge in [0.25, 0.3) is 5.91 Å². The molecular formula is C19H21NO4. The molecule has 24 heavy (non-hydrogen) atoms. The Hall–Kier alpha value is -2.82. The third kappa shape index (κ3) is 5.43. The van der Waals surface area contributed by atoms with Crippen molar-refractivity contribution in [2.24, 2.45) is 0 Å². The van der Waals surface area contributed by atoms with Crippen molar-refractivity contribution in [1.29, 1.82) is 0 Å². The van der Waals surface area contributed by atoms with Gasteiger partial charge in [0.15, 0.2) is 6.61 Å². The fourth-order valence-electron chi connectivity index (χ4n) is 2.01. The highest BCUT2D eigenvalue weighted by Gasteiger charge is 2.07. The average Bonchev–Trinajstić information content (AvgIpc) is 2.60. The van der Waals surface area contributed by atoms with Crippen LogP contribution in [0.15, 0.2) is 48.5 Å². The van der Waals surface area contributed by atoms with E-state index < -0.39 is 0 Å². The summed E-state index contributed by atoms with van der Waals surface area (Å²) in [6.07, 6.45) is 0. The van der Waals surface area contributed by atoms with Crippen LogP contribution in [0.5, 0.6) is 5.75 Å². The highest BCUT2D eigenvalue weighted by Crippen LogP contribution is 2.13. The highest BCUT2D eigenvalue weighted by molar-refractivity contribution is 5.89. The van der Waals surface area contributed by atoms with E-state index in [1.807, 2.05) is 31.2 Å². The van der Waals surface area contributed by atoms with Crippen LogP contribution in [0.3, 0.4) is 0 Å². The topological polar surface area (TPSA) is 64.6 Å². The summed E-state index contributed by atoms with van der Waals surface area (Å²) in [5, 5.41) is 2.80. The number of nitrogens with one attached hydrogen (secondary N) is 1. The first-order chi connectivity index (χ1) is 11.6. The number of benzene rings is 2. The summed E-state index contributed by atoms with van der Waals surface area (Å²) in [6.45, 7) is 4.49. The molecule has 2 rings (SSSR count). The lowest BCUT2D eigenvalue weighted by atomic mass is 10.1. The van der Waals surface area contributed by atoms with E-state index in [1.165, 1.54) is 5.56 Å². The van der Waals surface area contributed by atoms with Crippen molar-refractivity contribution < 1.29 is 19.1 Å². The standard InChI is InChI=1S/C19H21NO4/c1-3-23-19(22)16-8-10-17(11-9-16)24-13-18(21)20-12-15-6-4-14(2)5-7-15/h4-11H,3,12-13H2,1-2H3,(H,20,21). The number of hydrogen-bond acceptors (Lipinski definition) is 4. The minimum absolute atomic E-state index is 0.0788. The van der Waals surface area contributed by atoms with Crippen LogP contribution in [0.1, 0.15) is 28.4 Å². The first-order valence-corrected chi connectivity index (χ1v) is 7.80. The van der Waals surface area contributed by atoms with Gasteiger partial charge in [-0.2, -0.15) is 0 Å². The molecule has 1 amide bonds. The summed E-state index contributed by atoms with van der Waals surface area (Å²) in [6, 6.07) is 14.5. The van der Waals surface area contributed by atoms with Crippen molar-refractivity contribution in [2.75, 3.05) is 13.2 Å². The first kappa shape index (κ1) is 17.5. The summed E-state index contributed by atoms with van der Waals surface area (Å²) in [7, 11) is 0. The molecule has 1 N–H and O–H groups in total. The van der Waals surface area contributed by atoms with Crippen LogP contribution in [-0.2, 0) is 16.1 Å². The van der Waals surface area contributed by atoms with Gasteiger partial charge >= 0.3 is 5.97 Å². The number of carbonyl (C=O) groups excluding carboxylic acids is 2. The Labute approximate surface area is 141 Å². The Morgan fingerprint density at radius 2 is 1.67 bits per heavy atom. The van der Waals surface area contributed by atoms with Gasteiger partial charge in [0.05, 0.1) is 12.2 Å². The van der Waals surface area contributed by atoms with Gasteiger partial charge in [-0.1, -0.05) is 29.8 Å². The van der Waals surface area contributed by atoms with Crippen molar-refractivity contribution >= 4 is 11.9 Å². The predicted octanol–water partition coefficient (Wildman–Crippen LogP) is 2.87. The second kappa shape index (κ2) is 8.72. The van der Waals surface area contributed by atoms with Crippen molar-refractivity contribution in [1.82, 2.24) is 5.32 Å². The van der Waals surface area contributed by atoms with Gasteiger partial charge < -0.3 is 14.8 Å². The Bertz CT molecular complexity index is 678. The average molecular weight is 327 g/mol. The molecule has 0 saturated carbocycles. The zero-order valence-corrected chi connectivity index (χ0v) is 13.9. The van der Waals surface area contributed by atoms with E-state index in [4.69, 9.17) is 9.47 Å². The number of ether oxygens (including phenoxy) is 2. The molecule has 0 aromatic heterocycles. The van der Waals surface area contributed by atoms with E-state index in [-0.39, 0.29) is 18.5 Å². The maximum absolute atomic E-state index is 11.8. The molecule has 0 unspecified atom stereocenters. The van der Waals surface area contributed by atoms with Crippen LogP contribution in [0.25, 0.3) is 0 Å². The molecular weight excluding hydrogens is 306 g/mol. The predicted molar refractivity (Wildman–Crippen MR) is 90.9 cm³/mol. The maximum Gasteiger partial charge on any atom is 0.338 e. The molecule has 0 atom stereocenters. The number of aryl methyl sites for hydroxylation is 1. The van der Waals surface area contributed by atoms with Gasteiger partial charge in [-0.25, -0.2) is 4.79 Å². The molecule has 2 aromatic carbocycles. The van der Waals surface area contributed by atoms with Crippen LogP contribution in [0.2, 0.25) is 0 Å². The van der Waals surface area contributed by atoms with Crippen molar-refractivity contribution in [2.45, 2.75) is 20.4 Å². The van der Waals surface area contributed by atoms with Crippen LogP contribution < -0.4 is 10.1 Å². The molecule has 0 fully saturated rings. The minimum Gasteiger partial charge on any atom is -0.484 e. The Balaban J connectivity index is 1.77. The molecule has 126 valence electrons. The minimum atomic E-state index is -0.375. The second-order valence-corrected chi connectivity index (χ2v) is 5.30. The van der Waals surface area contributed by atoms with Gasteiger partial charge in [-0.3, -0.25) is 4.79 Å². The molecule has 5 heteroatoms. The van der Waals surface area contributed by atoms with Crippen molar-refractivity contribution in [3.63, 3.8) is 0 Å². The molecule has 5 nitrogen and oxygen atoms in total. The second-order valence-electron chi connectivity index (χ2n) is 5.30. The Kier molecular flexibility index (Phi) is 6.37. The van der Waals surface area contributed by atoms with Gasteiger partial charge in [0, 0.05) is 6.54 Å². The molecule has 0 bridgehead atoms. The van der Waals surface area contributed by atoms with Crippen LogP contribution >= 0.6 is 0 Å². The third-order valence-corrected chi connectivity index (χ3v) is 3.35. The first-order valence-electron chi connectivity index (χ1n) is 7.80. The van der Waals surface area contributed by atoms with E-state index in [9.17, 15) is 9.59 Å². The van der Waals surface area contributed by atoms with E-state index in [1.54, 1.807) is 31.2 Å². The lowest BCUT2D eigenvalue weighted by Gasteiger charge is -2.08. The summed E-state index contributed by atoms with van der Waals surface area (Å²) < 4.78 is 10.3. The number of rotatable bonds is 7. The number of esters is 1. The fourth-order valence-corrected chi connectivity index (χ4v) is 2.01. The number of hydrogen-bond donors (Lipinski definition) is 1.